The van der Waals surface area contributed by atoms with Crippen LogP contribution in [-0.2, 0) is 0 Å². The van der Waals surface area contributed by atoms with Gasteiger partial charge in [-0.1, -0.05) is 25.3 Å². The van der Waals surface area contributed by atoms with Crippen molar-refractivity contribution in [1.82, 2.24) is 20.2 Å². The number of nitrogens with one attached hydrogen (secondary N) is 1. The molecule has 2 N–H and O–H groups in total. The molecule has 3 rings (SSSR count). The van der Waals surface area contributed by atoms with Gasteiger partial charge in [-0.3, -0.25) is 0 Å². The average Bonchev–Trinajstić information content (AvgIpc) is 3.09. The van der Waals surface area contributed by atoms with Gasteiger partial charge in [0, 0.05) is 17.6 Å². The van der Waals surface area contributed by atoms with Crippen molar-refractivity contribution in [1.29, 1.82) is 0 Å². The van der Waals surface area contributed by atoms with E-state index in [1.807, 2.05) is 24.3 Å². The number of anilines is 1. The quantitative estimate of drug-likeness (QED) is 0.880. The van der Waals surface area contributed by atoms with Crippen LogP contribution < -0.4 is 5.32 Å². The molecule has 0 spiro atoms. The first-order valence-electron chi connectivity index (χ1n) is 7.50. The molecule has 21 heavy (non-hydrogen) atoms. The van der Waals surface area contributed by atoms with E-state index in [-0.39, 0.29) is 12.0 Å². The third-order valence-corrected chi connectivity index (χ3v) is 4.38. The van der Waals surface area contributed by atoms with Crippen molar-refractivity contribution in [2.24, 2.45) is 5.41 Å². The van der Waals surface area contributed by atoms with Crippen molar-refractivity contribution in [3.63, 3.8) is 0 Å². The lowest BCUT2D eigenvalue weighted by molar-refractivity contribution is 0.0944. The Morgan fingerprint density at radius 1 is 1.24 bits per heavy atom. The molecule has 0 amide bonds. The molecular weight excluding hydrogens is 266 g/mol. The zero-order chi connectivity index (χ0) is 14.5. The lowest BCUT2D eigenvalue weighted by atomic mass is 9.74. The fourth-order valence-electron chi connectivity index (χ4n) is 3.02. The summed E-state index contributed by atoms with van der Waals surface area (Å²) in [5, 5.41) is 24.4. The van der Waals surface area contributed by atoms with Gasteiger partial charge in [0.25, 0.3) is 0 Å². The number of rotatable bonds is 5. The summed E-state index contributed by atoms with van der Waals surface area (Å²) in [5.74, 6) is 0. The Balaban J connectivity index is 1.69. The minimum absolute atomic E-state index is 0.0308. The minimum atomic E-state index is 0.0308. The van der Waals surface area contributed by atoms with Gasteiger partial charge in [-0.05, 0) is 41.5 Å². The van der Waals surface area contributed by atoms with Crippen molar-refractivity contribution >= 4 is 5.69 Å². The number of benzene rings is 1. The molecule has 0 atom stereocenters. The first-order valence-corrected chi connectivity index (χ1v) is 7.50. The normalized spacial score (nSPS) is 17.6. The fourth-order valence-corrected chi connectivity index (χ4v) is 3.02. The average molecular weight is 287 g/mol. The van der Waals surface area contributed by atoms with E-state index in [1.165, 1.54) is 19.3 Å². The molecule has 0 saturated heterocycles. The van der Waals surface area contributed by atoms with Gasteiger partial charge in [0.15, 0.2) is 0 Å². The van der Waals surface area contributed by atoms with Gasteiger partial charge in [-0.15, -0.1) is 5.10 Å². The molecular formula is C15H21N5O. The highest BCUT2D eigenvalue weighted by Gasteiger charge is 2.31. The van der Waals surface area contributed by atoms with Crippen LogP contribution in [0.25, 0.3) is 5.69 Å². The Hall–Kier alpha value is -1.95. The van der Waals surface area contributed by atoms with Gasteiger partial charge in [0.1, 0.15) is 6.33 Å². The summed E-state index contributed by atoms with van der Waals surface area (Å²) in [5.41, 5.74) is 1.98. The van der Waals surface area contributed by atoms with Crippen molar-refractivity contribution in [2.75, 3.05) is 18.5 Å². The summed E-state index contributed by atoms with van der Waals surface area (Å²) < 4.78 is 1.63. The molecule has 1 heterocycles. The van der Waals surface area contributed by atoms with Crippen LogP contribution in [0.4, 0.5) is 5.69 Å². The Labute approximate surface area is 124 Å². The molecule has 6 heteroatoms. The molecule has 1 aliphatic rings. The van der Waals surface area contributed by atoms with Crippen LogP contribution in [0.2, 0.25) is 0 Å². The maximum Gasteiger partial charge on any atom is 0.143 e. The largest absolute Gasteiger partial charge is 0.396 e. The van der Waals surface area contributed by atoms with Crippen LogP contribution in [0.15, 0.2) is 30.6 Å². The number of aliphatic hydroxyl groups excluding tert-OH is 1. The highest BCUT2D eigenvalue weighted by atomic mass is 16.3. The molecule has 1 aliphatic carbocycles. The standard InChI is InChI=1S/C15H21N5O/c21-11-15(7-2-1-3-8-15)10-16-13-5-4-6-14(9-13)20-12-17-18-19-20/h4-6,9,12,16,21H,1-3,7-8,10-11H2. The number of nitrogens with zero attached hydrogens (tertiary/aromatic N) is 4. The van der Waals surface area contributed by atoms with E-state index in [2.05, 4.69) is 20.8 Å². The molecule has 0 radical (unpaired) electrons. The topological polar surface area (TPSA) is 75.9 Å². The summed E-state index contributed by atoms with van der Waals surface area (Å²) >= 11 is 0. The molecule has 1 saturated carbocycles. The smallest absolute Gasteiger partial charge is 0.143 e. The maximum atomic E-state index is 9.75. The summed E-state index contributed by atoms with van der Waals surface area (Å²) in [6, 6.07) is 7.99. The Bertz CT molecular complexity index is 563. The Morgan fingerprint density at radius 2 is 2.10 bits per heavy atom. The van der Waals surface area contributed by atoms with Crippen LogP contribution in [0.1, 0.15) is 32.1 Å². The van der Waals surface area contributed by atoms with Gasteiger partial charge >= 0.3 is 0 Å². The van der Waals surface area contributed by atoms with E-state index in [9.17, 15) is 5.11 Å². The highest BCUT2D eigenvalue weighted by Crippen LogP contribution is 2.36. The lowest BCUT2D eigenvalue weighted by Gasteiger charge is -2.36. The van der Waals surface area contributed by atoms with E-state index in [0.29, 0.717) is 0 Å². The van der Waals surface area contributed by atoms with Crippen molar-refractivity contribution in [3.05, 3.63) is 30.6 Å². The van der Waals surface area contributed by atoms with Crippen LogP contribution in [-0.4, -0.2) is 38.5 Å². The summed E-state index contributed by atoms with van der Waals surface area (Å²) in [7, 11) is 0. The molecule has 0 unspecified atom stereocenters. The van der Waals surface area contributed by atoms with Crippen LogP contribution in [0, 0.1) is 5.41 Å². The van der Waals surface area contributed by atoms with Crippen LogP contribution in [0.3, 0.4) is 0 Å². The summed E-state index contributed by atoms with van der Waals surface area (Å²) in [6.07, 6.45) is 7.50. The van der Waals surface area contributed by atoms with E-state index in [4.69, 9.17) is 0 Å². The fraction of sp³-hybridized carbons (Fsp3) is 0.533. The second kappa shape index (κ2) is 6.22. The summed E-state index contributed by atoms with van der Waals surface area (Å²) in [6.45, 7) is 1.06. The molecule has 2 aromatic rings. The van der Waals surface area contributed by atoms with Crippen molar-refractivity contribution in [3.8, 4) is 5.69 Å². The number of aliphatic hydroxyl groups is 1. The summed E-state index contributed by atoms with van der Waals surface area (Å²) in [4.78, 5) is 0. The number of hydrogen-bond acceptors (Lipinski definition) is 5. The second-order valence-corrected chi connectivity index (χ2v) is 5.88. The van der Waals surface area contributed by atoms with Crippen molar-refractivity contribution in [2.45, 2.75) is 32.1 Å². The van der Waals surface area contributed by atoms with Crippen LogP contribution in [0.5, 0.6) is 0 Å². The third-order valence-electron chi connectivity index (χ3n) is 4.38. The monoisotopic (exact) mass is 287 g/mol. The predicted molar refractivity (Wildman–Crippen MR) is 80.2 cm³/mol. The molecule has 1 aromatic heterocycles. The first-order chi connectivity index (χ1) is 10.3. The van der Waals surface area contributed by atoms with Gasteiger partial charge in [0.05, 0.1) is 12.3 Å². The lowest BCUT2D eigenvalue weighted by Crippen LogP contribution is -2.35. The third kappa shape index (κ3) is 3.21. The highest BCUT2D eigenvalue weighted by molar-refractivity contribution is 5.50. The maximum absolute atomic E-state index is 9.75. The SMILES string of the molecule is OCC1(CNc2cccc(-n3cnnn3)c2)CCCCC1. The Morgan fingerprint density at radius 3 is 2.81 bits per heavy atom. The van der Waals surface area contributed by atoms with E-state index in [1.54, 1.807) is 11.0 Å². The van der Waals surface area contributed by atoms with Gasteiger partial charge in [0.2, 0.25) is 0 Å². The number of hydrogen-bond donors (Lipinski definition) is 2. The van der Waals surface area contributed by atoms with Gasteiger partial charge in [-0.2, -0.15) is 0 Å². The Kier molecular flexibility index (Phi) is 4.15. The van der Waals surface area contributed by atoms with E-state index >= 15 is 0 Å². The van der Waals surface area contributed by atoms with Crippen LogP contribution >= 0.6 is 0 Å². The molecule has 0 aliphatic heterocycles. The minimum Gasteiger partial charge on any atom is -0.396 e. The predicted octanol–water partition coefficient (Wildman–Crippen LogP) is 2.02. The zero-order valence-corrected chi connectivity index (χ0v) is 12.1. The first kappa shape index (κ1) is 14.0. The number of tetrazole rings is 1. The van der Waals surface area contributed by atoms with Crippen molar-refractivity contribution < 1.29 is 5.11 Å². The molecule has 1 aromatic carbocycles. The molecule has 6 nitrogen and oxygen atoms in total. The molecule has 112 valence electrons. The van der Waals surface area contributed by atoms with E-state index < -0.39 is 0 Å². The van der Waals surface area contributed by atoms with Gasteiger partial charge < -0.3 is 10.4 Å². The second-order valence-electron chi connectivity index (χ2n) is 5.88. The number of aromatic nitrogens is 4. The molecule has 0 bridgehead atoms. The van der Waals surface area contributed by atoms with E-state index in [0.717, 1.165) is 30.8 Å². The zero-order valence-electron chi connectivity index (χ0n) is 12.1. The van der Waals surface area contributed by atoms with Gasteiger partial charge in [-0.25, -0.2) is 4.68 Å². The molecule has 1 fully saturated rings.